The van der Waals surface area contributed by atoms with Crippen LogP contribution in [0.25, 0.3) is 0 Å². The summed E-state index contributed by atoms with van der Waals surface area (Å²) in [5.41, 5.74) is 1.16. The van der Waals surface area contributed by atoms with Crippen molar-refractivity contribution in [2.45, 2.75) is 32.0 Å². The second-order valence-corrected chi connectivity index (χ2v) is 9.43. The molecule has 3 heterocycles. The highest BCUT2D eigenvalue weighted by Gasteiger charge is 2.45. The third-order valence-electron chi connectivity index (χ3n) is 6.60. The zero-order chi connectivity index (χ0) is 27.4. The molecule has 0 bridgehead atoms. The maximum absolute atomic E-state index is 13.7. The Morgan fingerprint density at radius 3 is 2.08 bits per heavy atom. The first-order valence-electron chi connectivity index (χ1n) is 12.8. The molecule has 2 fully saturated rings. The standard InChI is InChI=1S/C27H29F3N6O3/c1-19-7-9-21(10-8-19)39-22-11-13-34(14-12-22)24-31-25(35-15-17-38-18-16-35)33-26(32-24)36(23(37)27(28,29)30)20-5-3-2-4-6-20/h2-10,22H,11-18H2,1H3. The number of amides is 1. The van der Waals surface area contributed by atoms with Gasteiger partial charge in [0.05, 0.1) is 18.9 Å². The van der Waals surface area contributed by atoms with Crippen LogP contribution in [-0.4, -0.2) is 72.5 Å². The van der Waals surface area contributed by atoms with Gasteiger partial charge in [-0.2, -0.15) is 28.1 Å². The van der Waals surface area contributed by atoms with Gasteiger partial charge >= 0.3 is 12.1 Å². The molecule has 12 heteroatoms. The fourth-order valence-electron chi connectivity index (χ4n) is 4.50. The number of aromatic nitrogens is 3. The van der Waals surface area contributed by atoms with Gasteiger partial charge in [-0.05, 0) is 31.2 Å². The van der Waals surface area contributed by atoms with Crippen LogP contribution in [0.5, 0.6) is 5.75 Å². The Hall–Kier alpha value is -3.93. The molecule has 5 rings (SSSR count). The van der Waals surface area contributed by atoms with Gasteiger partial charge < -0.3 is 19.3 Å². The smallest absolute Gasteiger partial charge is 0.472 e. The van der Waals surface area contributed by atoms with Gasteiger partial charge in [0, 0.05) is 39.0 Å². The number of anilines is 4. The zero-order valence-corrected chi connectivity index (χ0v) is 21.5. The van der Waals surface area contributed by atoms with E-state index in [0.29, 0.717) is 57.1 Å². The maximum Gasteiger partial charge on any atom is 0.472 e. The minimum absolute atomic E-state index is 0.00936. The number of carbonyl (C=O) groups is 1. The summed E-state index contributed by atoms with van der Waals surface area (Å²) in [6, 6.07) is 15.4. The third kappa shape index (κ3) is 6.39. The number of hydrogen-bond acceptors (Lipinski definition) is 8. The Bertz CT molecular complexity index is 1260. The first-order valence-corrected chi connectivity index (χ1v) is 12.8. The van der Waals surface area contributed by atoms with E-state index in [0.717, 1.165) is 11.3 Å². The molecule has 0 radical (unpaired) electrons. The second kappa shape index (κ2) is 11.4. The average molecular weight is 543 g/mol. The van der Waals surface area contributed by atoms with Crippen molar-refractivity contribution in [2.75, 3.05) is 54.1 Å². The molecule has 2 saturated heterocycles. The van der Waals surface area contributed by atoms with Gasteiger partial charge in [-0.3, -0.25) is 4.79 Å². The Labute approximate surface area is 224 Å². The van der Waals surface area contributed by atoms with Crippen LogP contribution in [-0.2, 0) is 9.53 Å². The number of benzene rings is 2. The molecule has 2 aliphatic rings. The summed E-state index contributed by atoms with van der Waals surface area (Å²) in [6.07, 6.45) is -3.80. The summed E-state index contributed by atoms with van der Waals surface area (Å²) < 4.78 is 52.7. The number of ether oxygens (including phenoxy) is 2. The molecule has 0 unspecified atom stereocenters. The van der Waals surface area contributed by atoms with Crippen molar-refractivity contribution in [3.8, 4) is 5.75 Å². The lowest BCUT2D eigenvalue weighted by atomic mass is 10.1. The third-order valence-corrected chi connectivity index (χ3v) is 6.60. The lowest BCUT2D eigenvalue weighted by molar-refractivity contribution is -0.169. The number of nitrogens with zero attached hydrogens (tertiary/aromatic N) is 6. The van der Waals surface area contributed by atoms with Crippen LogP contribution < -0.4 is 19.4 Å². The van der Waals surface area contributed by atoms with Crippen molar-refractivity contribution in [3.63, 3.8) is 0 Å². The fraction of sp³-hybridized carbons (Fsp3) is 0.407. The molecule has 0 aliphatic carbocycles. The van der Waals surface area contributed by atoms with Gasteiger partial charge in [-0.25, -0.2) is 4.90 Å². The summed E-state index contributed by atoms with van der Waals surface area (Å²) in [6.45, 7) is 4.87. The van der Waals surface area contributed by atoms with Crippen LogP contribution in [0.1, 0.15) is 18.4 Å². The number of halogens is 3. The summed E-state index contributed by atoms with van der Waals surface area (Å²) in [5, 5.41) is 0. The van der Waals surface area contributed by atoms with E-state index in [9.17, 15) is 18.0 Å². The molecule has 1 amide bonds. The van der Waals surface area contributed by atoms with Gasteiger partial charge in [0.1, 0.15) is 11.9 Å². The van der Waals surface area contributed by atoms with Crippen LogP contribution in [0.2, 0.25) is 0 Å². The van der Waals surface area contributed by atoms with E-state index in [4.69, 9.17) is 9.47 Å². The van der Waals surface area contributed by atoms with Crippen molar-refractivity contribution in [2.24, 2.45) is 0 Å². The Balaban J connectivity index is 1.44. The second-order valence-electron chi connectivity index (χ2n) is 9.43. The number of alkyl halides is 3. The minimum atomic E-state index is -5.13. The van der Waals surface area contributed by atoms with Gasteiger partial charge in [-0.1, -0.05) is 35.9 Å². The molecule has 0 N–H and O–H groups in total. The minimum Gasteiger partial charge on any atom is -0.490 e. The van der Waals surface area contributed by atoms with Crippen LogP contribution in [0.4, 0.5) is 36.7 Å². The summed E-state index contributed by atoms with van der Waals surface area (Å²) >= 11 is 0. The van der Waals surface area contributed by atoms with Crippen LogP contribution in [0, 0.1) is 6.92 Å². The monoisotopic (exact) mass is 542 g/mol. The van der Waals surface area contributed by atoms with E-state index < -0.39 is 12.1 Å². The molecule has 0 atom stereocenters. The topological polar surface area (TPSA) is 83.9 Å². The van der Waals surface area contributed by atoms with Gasteiger partial charge in [0.25, 0.3) is 0 Å². The summed E-state index contributed by atoms with van der Waals surface area (Å²) in [5.74, 6) is -1.25. The Morgan fingerprint density at radius 2 is 1.49 bits per heavy atom. The van der Waals surface area contributed by atoms with Crippen molar-refractivity contribution in [1.82, 2.24) is 15.0 Å². The lowest BCUT2D eigenvalue weighted by Crippen LogP contribution is -2.42. The van der Waals surface area contributed by atoms with Crippen molar-refractivity contribution in [3.05, 3.63) is 60.2 Å². The number of piperidine rings is 1. The summed E-state index contributed by atoms with van der Waals surface area (Å²) in [7, 11) is 0. The Kier molecular flexibility index (Phi) is 7.82. The van der Waals surface area contributed by atoms with E-state index in [2.05, 4.69) is 15.0 Å². The molecule has 2 aromatic carbocycles. The predicted octanol–water partition coefficient (Wildman–Crippen LogP) is 4.29. The number of hydrogen-bond donors (Lipinski definition) is 0. The molecule has 3 aromatic rings. The highest BCUT2D eigenvalue weighted by atomic mass is 19.4. The molecule has 9 nitrogen and oxygen atoms in total. The van der Waals surface area contributed by atoms with E-state index in [1.807, 2.05) is 41.0 Å². The van der Waals surface area contributed by atoms with E-state index in [1.165, 1.54) is 12.1 Å². The number of morpholine rings is 1. The highest BCUT2D eigenvalue weighted by molar-refractivity contribution is 6.02. The lowest BCUT2D eigenvalue weighted by Gasteiger charge is -2.34. The highest BCUT2D eigenvalue weighted by Crippen LogP contribution is 2.32. The zero-order valence-electron chi connectivity index (χ0n) is 21.5. The van der Waals surface area contributed by atoms with Crippen molar-refractivity contribution >= 4 is 29.4 Å². The normalized spacial score (nSPS) is 16.7. The van der Waals surface area contributed by atoms with Gasteiger partial charge in [0.2, 0.25) is 17.8 Å². The number of carbonyl (C=O) groups excluding carboxylic acids is 1. The van der Waals surface area contributed by atoms with Crippen LogP contribution in [0.3, 0.4) is 0 Å². The van der Waals surface area contributed by atoms with Crippen molar-refractivity contribution in [1.29, 1.82) is 0 Å². The van der Waals surface area contributed by atoms with E-state index in [-0.39, 0.29) is 29.6 Å². The molecule has 1 aromatic heterocycles. The van der Waals surface area contributed by atoms with Crippen molar-refractivity contribution < 1.29 is 27.4 Å². The number of aryl methyl sites for hydroxylation is 1. The molecule has 0 saturated carbocycles. The van der Waals surface area contributed by atoms with Gasteiger partial charge in [-0.15, -0.1) is 0 Å². The average Bonchev–Trinajstić information content (AvgIpc) is 2.95. The van der Waals surface area contributed by atoms with E-state index in [1.54, 1.807) is 18.2 Å². The quantitative estimate of drug-likeness (QED) is 0.456. The molecular formula is C27H29F3N6O3. The Morgan fingerprint density at radius 1 is 0.897 bits per heavy atom. The fourth-order valence-corrected chi connectivity index (χ4v) is 4.50. The maximum atomic E-state index is 13.7. The molecule has 0 spiro atoms. The van der Waals surface area contributed by atoms with Crippen LogP contribution in [0.15, 0.2) is 54.6 Å². The van der Waals surface area contributed by atoms with E-state index >= 15 is 0 Å². The molecule has 2 aliphatic heterocycles. The largest absolute Gasteiger partial charge is 0.490 e. The number of rotatable bonds is 6. The first kappa shape index (κ1) is 26.7. The molecule has 39 heavy (non-hydrogen) atoms. The molecule has 206 valence electrons. The number of para-hydroxylation sites is 1. The predicted molar refractivity (Wildman–Crippen MR) is 140 cm³/mol. The van der Waals surface area contributed by atoms with Crippen LogP contribution >= 0.6 is 0 Å². The SMILES string of the molecule is Cc1ccc(OC2CCN(c3nc(N4CCOCC4)nc(N(C(=O)C(F)(F)F)c4ccccc4)n3)CC2)cc1. The first-order chi connectivity index (χ1) is 18.8. The molecular weight excluding hydrogens is 513 g/mol. The van der Waals surface area contributed by atoms with Gasteiger partial charge in [0.15, 0.2) is 0 Å². The summed E-state index contributed by atoms with van der Waals surface area (Å²) in [4.78, 5) is 30.2.